The Morgan fingerprint density at radius 1 is 0.762 bits per heavy atom. The van der Waals surface area contributed by atoms with Crippen molar-refractivity contribution >= 4 is 11.8 Å². The second-order valence-electron chi connectivity index (χ2n) is 5.18. The number of carbonyl (C=O) groups excluding carboxylic acids is 2. The second-order valence-corrected chi connectivity index (χ2v) is 5.18. The minimum Gasteiger partial charge on any atom is -0.296 e. The second kappa shape index (κ2) is 6.84. The van der Waals surface area contributed by atoms with Gasteiger partial charge < -0.3 is 0 Å². The summed E-state index contributed by atoms with van der Waals surface area (Å²) in [5.41, 5.74) is 4.00. The van der Waals surface area contributed by atoms with Gasteiger partial charge in [-0.25, -0.2) is 0 Å². The highest BCUT2D eigenvalue weighted by atomic mass is 16.2. The SMILES string of the molecule is Cc1ccccc1CC(=O)NC(=O)Cc1ccccc1C. The lowest BCUT2D eigenvalue weighted by molar-refractivity contribution is -0.129. The van der Waals surface area contributed by atoms with Crippen LogP contribution in [-0.2, 0) is 22.4 Å². The van der Waals surface area contributed by atoms with Crippen molar-refractivity contribution in [2.75, 3.05) is 0 Å². The molecule has 0 saturated heterocycles. The van der Waals surface area contributed by atoms with Gasteiger partial charge in [-0.3, -0.25) is 14.9 Å². The van der Waals surface area contributed by atoms with E-state index in [2.05, 4.69) is 5.32 Å². The van der Waals surface area contributed by atoms with E-state index in [-0.39, 0.29) is 24.7 Å². The molecule has 1 N–H and O–H groups in total. The van der Waals surface area contributed by atoms with E-state index in [1.165, 1.54) is 0 Å². The van der Waals surface area contributed by atoms with Gasteiger partial charge in [-0.15, -0.1) is 0 Å². The highest BCUT2D eigenvalue weighted by Gasteiger charge is 2.11. The Bertz CT molecular complexity index is 604. The maximum absolute atomic E-state index is 11.9. The Balaban J connectivity index is 1.93. The topological polar surface area (TPSA) is 46.2 Å². The maximum atomic E-state index is 11.9. The number of benzene rings is 2. The van der Waals surface area contributed by atoms with Gasteiger partial charge in [0.1, 0.15) is 0 Å². The van der Waals surface area contributed by atoms with Crippen LogP contribution in [0, 0.1) is 13.8 Å². The van der Waals surface area contributed by atoms with Crippen molar-refractivity contribution < 1.29 is 9.59 Å². The molecular weight excluding hydrogens is 262 g/mol. The molecule has 0 aliphatic rings. The number of imide groups is 1. The van der Waals surface area contributed by atoms with Crippen molar-refractivity contribution in [3.8, 4) is 0 Å². The fraction of sp³-hybridized carbons (Fsp3) is 0.222. The minimum absolute atomic E-state index is 0.228. The predicted octanol–water partition coefficient (Wildman–Crippen LogP) is 2.73. The zero-order valence-electron chi connectivity index (χ0n) is 12.3. The first-order valence-electron chi connectivity index (χ1n) is 6.98. The van der Waals surface area contributed by atoms with Crippen molar-refractivity contribution in [1.82, 2.24) is 5.32 Å². The van der Waals surface area contributed by atoms with Crippen LogP contribution in [0.3, 0.4) is 0 Å². The first-order chi connectivity index (χ1) is 10.1. The number of aryl methyl sites for hydroxylation is 2. The third-order valence-electron chi connectivity index (χ3n) is 3.50. The summed E-state index contributed by atoms with van der Waals surface area (Å²) in [5, 5.41) is 2.45. The van der Waals surface area contributed by atoms with Crippen molar-refractivity contribution in [3.63, 3.8) is 0 Å². The van der Waals surface area contributed by atoms with Crippen LogP contribution in [0.1, 0.15) is 22.3 Å². The van der Waals surface area contributed by atoms with Crippen LogP contribution in [-0.4, -0.2) is 11.8 Å². The number of hydrogen-bond donors (Lipinski definition) is 1. The third kappa shape index (κ3) is 4.28. The maximum Gasteiger partial charge on any atom is 0.230 e. The van der Waals surface area contributed by atoms with E-state index >= 15 is 0 Å². The molecule has 0 aliphatic carbocycles. The van der Waals surface area contributed by atoms with Gasteiger partial charge in [0.2, 0.25) is 11.8 Å². The molecule has 3 nitrogen and oxygen atoms in total. The minimum atomic E-state index is -0.261. The Kier molecular flexibility index (Phi) is 4.88. The molecule has 0 saturated carbocycles. The zero-order chi connectivity index (χ0) is 15.2. The fourth-order valence-electron chi connectivity index (χ4n) is 2.21. The first kappa shape index (κ1) is 15.0. The van der Waals surface area contributed by atoms with Crippen LogP contribution < -0.4 is 5.32 Å². The van der Waals surface area contributed by atoms with Crippen LogP contribution in [0.4, 0.5) is 0 Å². The normalized spacial score (nSPS) is 10.2. The van der Waals surface area contributed by atoms with E-state index < -0.39 is 0 Å². The quantitative estimate of drug-likeness (QED) is 0.936. The molecule has 3 heteroatoms. The highest BCUT2D eigenvalue weighted by Crippen LogP contribution is 2.09. The first-order valence-corrected chi connectivity index (χ1v) is 6.98. The molecule has 0 aliphatic heterocycles. The largest absolute Gasteiger partial charge is 0.296 e. The van der Waals surface area contributed by atoms with E-state index in [4.69, 9.17) is 0 Å². The standard InChI is InChI=1S/C18H19NO2/c1-13-7-3-5-9-15(13)11-17(20)19-18(21)12-16-10-6-4-8-14(16)2/h3-10H,11-12H2,1-2H3,(H,19,20,21). The Hall–Kier alpha value is -2.42. The van der Waals surface area contributed by atoms with Gasteiger partial charge in [0.05, 0.1) is 12.8 Å². The predicted molar refractivity (Wildman–Crippen MR) is 82.9 cm³/mol. The van der Waals surface area contributed by atoms with E-state index in [9.17, 15) is 9.59 Å². The summed E-state index contributed by atoms with van der Waals surface area (Å²) in [5.74, 6) is -0.522. The molecule has 2 amide bonds. The molecular formula is C18H19NO2. The molecule has 2 aromatic rings. The Morgan fingerprint density at radius 3 is 1.52 bits per heavy atom. The summed E-state index contributed by atoms with van der Waals surface area (Å²) in [6, 6.07) is 15.4. The van der Waals surface area contributed by atoms with Gasteiger partial charge in [0.25, 0.3) is 0 Å². The number of nitrogens with one attached hydrogen (secondary N) is 1. The van der Waals surface area contributed by atoms with Crippen LogP contribution in [0.5, 0.6) is 0 Å². The van der Waals surface area contributed by atoms with Crippen molar-refractivity contribution in [2.45, 2.75) is 26.7 Å². The average Bonchev–Trinajstić information content (AvgIpc) is 2.44. The number of carbonyl (C=O) groups is 2. The molecule has 0 aromatic heterocycles. The van der Waals surface area contributed by atoms with Gasteiger partial charge in [-0.1, -0.05) is 48.5 Å². The molecule has 0 atom stereocenters. The number of rotatable bonds is 4. The summed E-state index contributed by atoms with van der Waals surface area (Å²) in [6.07, 6.45) is 0.457. The lowest BCUT2D eigenvalue weighted by atomic mass is 10.0. The van der Waals surface area contributed by atoms with Gasteiger partial charge in [-0.2, -0.15) is 0 Å². The lowest BCUT2D eigenvalue weighted by Gasteiger charge is -2.08. The molecule has 2 rings (SSSR count). The molecule has 21 heavy (non-hydrogen) atoms. The summed E-state index contributed by atoms with van der Waals surface area (Å²) in [6.45, 7) is 3.91. The molecule has 0 fully saturated rings. The van der Waals surface area contributed by atoms with Gasteiger partial charge >= 0.3 is 0 Å². The smallest absolute Gasteiger partial charge is 0.230 e. The van der Waals surface area contributed by atoms with E-state index in [0.717, 1.165) is 22.3 Å². The van der Waals surface area contributed by atoms with Gasteiger partial charge in [0.15, 0.2) is 0 Å². The summed E-state index contributed by atoms with van der Waals surface area (Å²) < 4.78 is 0. The molecule has 0 bridgehead atoms. The van der Waals surface area contributed by atoms with Gasteiger partial charge in [0, 0.05) is 0 Å². The van der Waals surface area contributed by atoms with Crippen molar-refractivity contribution in [2.24, 2.45) is 0 Å². The summed E-state index contributed by atoms with van der Waals surface area (Å²) in [7, 11) is 0. The number of hydrogen-bond acceptors (Lipinski definition) is 2. The van der Waals surface area contributed by atoms with E-state index in [1.54, 1.807) is 0 Å². The molecule has 108 valence electrons. The molecule has 0 unspecified atom stereocenters. The molecule has 0 radical (unpaired) electrons. The van der Waals surface area contributed by atoms with E-state index in [0.29, 0.717) is 0 Å². The summed E-state index contributed by atoms with van der Waals surface area (Å²) in [4.78, 5) is 23.8. The number of amides is 2. The van der Waals surface area contributed by atoms with Crippen LogP contribution >= 0.6 is 0 Å². The third-order valence-corrected chi connectivity index (χ3v) is 3.50. The highest BCUT2D eigenvalue weighted by molar-refractivity contribution is 5.97. The molecule has 2 aromatic carbocycles. The van der Waals surface area contributed by atoms with Crippen molar-refractivity contribution in [1.29, 1.82) is 0 Å². The lowest BCUT2D eigenvalue weighted by Crippen LogP contribution is -2.33. The van der Waals surface area contributed by atoms with Crippen LogP contribution in [0.2, 0.25) is 0 Å². The Morgan fingerprint density at radius 2 is 1.14 bits per heavy atom. The zero-order valence-corrected chi connectivity index (χ0v) is 12.3. The molecule has 0 heterocycles. The monoisotopic (exact) mass is 281 g/mol. The van der Waals surface area contributed by atoms with Crippen LogP contribution in [0.25, 0.3) is 0 Å². The fourth-order valence-corrected chi connectivity index (χ4v) is 2.21. The van der Waals surface area contributed by atoms with Crippen LogP contribution in [0.15, 0.2) is 48.5 Å². The Labute approximate surface area is 125 Å². The van der Waals surface area contributed by atoms with Gasteiger partial charge in [-0.05, 0) is 36.1 Å². The van der Waals surface area contributed by atoms with Crippen molar-refractivity contribution in [3.05, 3.63) is 70.8 Å². The molecule has 0 spiro atoms. The average molecular weight is 281 g/mol. The van der Waals surface area contributed by atoms with E-state index in [1.807, 2.05) is 62.4 Å². The summed E-state index contributed by atoms with van der Waals surface area (Å²) >= 11 is 0.